The van der Waals surface area contributed by atoms with E-state index in [9.17, 15) is 91.8 Å². The van der Waals surface area contributed by atoms with E-state index >= 15 is 0 Å². The van der Waals surface area contributed by atoms with Crippen LogP contribution < -0.4 is 41.4 Å². The molecule has 0 saturated carbocycles. The Bertz CT molecular complexity index is 3240. The van der Waals surface area contributed by atoms with Gasteiger partial charge in [-0.15, -0.1) is 0 Å². The minimum atomic E-state index is -4.49. The van der Waals surface area contributed by atoms with Gasteiger partial charge in [-0.1, -0.05) is 0 Å². The maximum Gasteiger partial charge on any atom is 0.323 e. The van der Waals surface area contributed by atoms with Crippen LogP contribution in [-0.4, -0.2) is 276 Å². The SMILES string of the molecule is Cc1cc(OCCCC(=O)NCCNC(=O)[C@H](CCC(=O)O)NC(=O)[C@H](CCC(=O)O)NC(=O)CN2CCN(CC(=O)O)CCN(CC(=O)O)CCN(CC(=O)O)CC2)cc(C)c1S(=O)(=O)N[C@@H](CNC(=O)c1ccc2c(cnn2CCNC2=NCCCC2)c1)C(=O)O. The predicted molar refractivity (Wildman–Crippen MR) is 331 cm³/mol. The maximum absolute atomic E-state index is 13.7. The maximum atomic E-state index is 13.7. The van der Waals surface area contributed by atoms with Crippen LogP contribution in [0.4, 0.5) is 0 Å². The molecule has 2 aliphatic rings. The van der Waals surface area contributed by atoms with Gasteiger partial charge < -0.3 is 67.3 Å². The van der Waals surface area contributed by atoms with E-state index in [2.05, 4.69) is 46.7 Å². The highest BCUT2D eigenvalue weighted by Crippen LogP contribution is 2.26. The zero-order valence-electron chi connectivity index (χ0n) is 51.9. The molecule has 0 radical (unpaired) electrons. The highest BCUT2D eigenvalue weighted by atomic mass is 32.2. The Balaban J connectivity index is 1.08. The van der Waals surface area contributed by atoms with Gasteiger partial charge in [-0.2, -0.15) is 9.82 Å². The predicted octanol–water partition coefficient (Wildman–Crippen LogP) is -2.45. The quantitative estimate of drug-likeness (QED) is 0.0269. The lowest BCUT2D eigenvalue weighted by Gasteiger charge is -2.33. The number of amidine groups is 1. The van der Waals surface area contributed by atoms with Crippen molar-refractivity contribution in [3.63, 3.8) is 0 Å². The van der Waals surface area contributed by atoms with Crippen LogP contribution in [0.25, 0.3) is 10.9 Å². The number of hydrogen-bond donors (Lipinski definition) is 13. The summed E-state index contributed by atoms with van der Waals surface area (Å²) >= 11 is 0. The lowest BCUT2D eigenvalue weighted by atomic mass is 10.1. The van der Waals surface area contributed by atoms with Crippen molar-refractivity contribution in [3.8, 4) is 5.75 Å². The van der Waals surface area contributed by atoms with Crippen LogP contribution in [0.15, 0.2) is 46.4 Å². The molecule has 35 heteroatoms. The number of hydrogen-bond acceptors (Lipinski definition) is 21. The summed E-state index contributed by atoms with van der Waals surface area (Å²) in [6, 6.07) is 2.90. The van der Waals surface area contributed by atoms with Gasteiger partial charge in [0.15, 0.2) is 0 Å². The molecule has 93 heavy (non-hydrogen) atoms. The molecule has 5 rings (SSSR count). The number of carboxylic acid groups (broad SMARTS) is 6. The third-order valence-corrected chi connectivity index (χ3v) is 16.7. The largest absolute Gasteiger partial charge is 0.494 e. The number of benzene rings is 2. The van der Waals surface area contributed by atoms with Gasteiger partial charge in [-0.3, -0.25) is 82.0 Å². The van der Waals surface area contributed by atoms with Crippen LogP contribution in [0.2, 0.25) is 0 Å². The lowest BCUT2D eigenvalue weighted by Crippen LogP contribution is -2.55. The first kappa shape index (κ1) is 74.8. The van der Waals surface area contributed by atoms with E-state index in [4.69, 9.17) is 4.74 Å². The monoisotopic (exact) mass is 1330 g/mol. The molecule has 13 N–H and O–H groups in total. The molecule has 0 unspecified atom stereocenters. The molecule has 1 aromatic heterocycles. The number of fused-ring (bicyclic) bond motifs is 1. The van der Waals surface area contributed by atoms with Gasteiger partial charge >= 0.3 is 35.8 Å². The second kappa shape index (κ2) is 37.6. The summed E-state index contributed by atoms with van der Waals surface area (Å²) in [4.78, 5) is 148. The van der Waals surface area contributed by atoms with Crippen LogP contribution in [0.1, 0.15) is 79.3 Å². The fourth-order valence-corrected chi connectivity index (χ4v) is 11.9. The minimum Gasteiger partial charge on any atom is -0.494 e. The molecule has 512 valence electrons. The molecular formula is C58H84N14O20S. The number of amides is 5. The minimum absolute atomic E-state index is 0.00686. The molecule has 3 atom stereocenters. The van der Waals surface area contributed by atoms with Crippen molar-refractivity contribution in [1.29, 1.82) is 0 Å². The second-order valence-corrected chi connectivity index (χ2v) is 24.0. The van der Waals surface area contributed by atoms with E-state index in [-0.39, 0.29) is 119 Å². The number of rotatable bonds is 36. The normalized spacial score (nSPS) is 15.8. The number of aliphatic imine (C=N–C) groups is 1. The fourth-order valence-electron chi connectivity index (χ4n) is 10.3. The number of carbonyl (C=O) groups is 11. The Hall–Kier alpha value is -8.90. The number of carboxylic acids is 6. The summed E-state index contributed by atoms with van der Waals surface area (Å²) in [5, 5.41) is 78.4. The molecule has 0 bridgehead atoms. The zero-order valence-corrected chi connectivity index (χ0v) is 52.7. The number of nitrogens with one attached hydrogen (secondary N) is 7. The number of nitrogens with zero attached hydrogens (tertiary/aromatic N) is 7. The Morgan fingerprint density at radius 1 is 0.602 bits per heavy atom. The molecule has 0 spiro atoms. The van der Waals surface area contributed by atoms with Crippen LogP contribution in [0, 0.1) is 13.8 Å². The van der Waals surface area contributed by atoms with Gasteiger partial charge in [0.2, 0.25) is 33.7 Å². The number of aromatic nitrogens is 2. The molecule has 2 aromatic carbocycles. The van der Waals surface area contributed by atoms with Crippen molar-refractivity contribution in [3.05, 3.63) is 53.2 Å². The van der Waals surface area contributed by atoms with Crippen molar-refractivity contribution in [2.75, 3.05) is 118 Å². The summed E-state index contributed by atoms with van der Waals surface area (Å²) in [7, 11) is -4.49. The first-order valence-electron chi connectivity index (χ1n) is 30.3. The van der Waals surface area contributed by atoms with Gasteiger partial charge in [-0.05, 0) is 87.4 Å². The standard InChI is InChI=1S/C58H84N14O20S/c1-37-28-41(29-38(2)54(37)93(90,91)67-44(58(88)89)32-63-55(85)39-8-11-45-40(30-39)31-64-72(45)18-17-60-46-6-3-4-14-59-46)92-27-5-7-47(73)61-15-16-62-56(86)42(9-12-49(75)76)66-57(87)43(10-13-50(77)78)65-48(74)33-68-19-21-69(34-51(79)80)23-25-71(36-53(83)84)26-24-70(22-20-68)35-52(81)82/h8,11,28-31,42-44,67H,3-7,9-10,12-27,32-36H2,1-2H3,(H,59,60)(H,61,73)(H,62,86)(H,63,85)(H,65,74)(H,66,87)(H,75,76)(H,77,78)(H,79,80)(H,81,82)(H,83,84)(H,88,89)/t42-,43-,44-/m0/s1. The van der Waals surface area contributed by atoms with Crippen LogP contribution in [0.5, 0.6) is 5.75 Å². The second-order valence-electron chi connectivity index (χ2n) is 22.4. The van der Waals surface area contributed by atoms with E-state index in [1.807, 2.05) is 0 Å². The smallest absolute Gasteiger partial charge is 0.323 e. The molecule has 3 aromatic rings. The number of ether oxygens (including phenoxy) is 1. The Morgan fingerprint density at radius 2 is 1.15 bits per heavy atom. The van der Waals surface area contributed by atoms with Gasteiger partial charge in [-0.25, -0.2) is 8.42 Å². The van der Waals surface area contributed by atoms with Crippen molar-refractivity contribution >= 4 is 92.1 Å². The number of aryl methyl sites for hydroxylation is 2. The summed E-state index contributed by atoms with van der Waals surface area (Å²) in [6.07, 6.45) is 2.64. The molecular weight excluding hydrogens is 1240 g/mol. The van der Waals surface area contributed by atoms with Crippen molar-refractivity contribution < 1.29 is 96.5 Å². The van der Waals surface area contributed by atoms with Crippen LogP contribution in [0.3, 0.4) is 0 Å². The third-order valence-electron chi connectivity index (χ3n) is 15.0. The molecule has 1 fully saturated rings. The summed E-state index contributed by atoms with van der Waals surface area (Å²) in [6.45, 7) is 3.05. The van der Waals surface area contributed by atoms with Crippen LogP contribution >= 0.6 is 0 Å². The summed E-state index contributed by atoms with van der Waals surface area (Å²) < 4.78 is 37.1. The number of carbonyl (C=O) groups excluding carboxylic acids is 5. The zero-order chi connectivity index (χ0) is 68.2. The average Bonchev–Trinajstić information content (AvgIpc) is 1.50. The summed E-state index contributed by atoms with van der Waals surface area (Å²) in [5.41, 5.74) is 1.40. The topological polar surface area (TPSA) is 480 Å². The van der Waals surface area contributed by atoms with E-state index < -0.39 is 145 Å². The first-order chi connectivity index (χ1) is 44.1. The Labute approximate surface area is 535 Å². The van der Waals surface area contributed by atoms with Crippen molar-refractivity contribution in [1.82, 2.24) is 66.0 Å². The van der Waals surface area contributed by atoms with Crippen molar-refractivity contribution in [2.24, 2.45) is 4.99 Å². The number of sulfonamides is 1. The molecule has 3 heterocycles. The highest BCUT2D eigenvalue weighted by Gasteiger charge is 2.31. The fraction of sp³-hybridized carbons (Fsp3) is 0.569. The third kappa shape index (κ3) is 26.7. The molecule has 2 aliphatic heterocycles. The van der Waals surface area contributed by atoms with Crippen LogP contribution in [-0.2, 0) is 64.5 Å². The highest BCUT2D eigenvalue weighted by molar-refractivity contribution is 7.89. The van der Waals surface area contributed by atoms with Gasteiger partial charge in [0.25, 0.3) is 5.91 Å². The summed E-state index contributed by atoms with van der Waals surface area (Å²) in [5.74, 6) is -10.2. The van der Waals surface area contributed by atoms with E-state index in [1.165, 1.54) is 35.8 Å². The van der Waals surface area contributed by atoms with Gasteiger partial charge in [0, 0.05) is 122 Å². The van der Waals surface area contributed by atoms with E-state index in [1.54, 1.807) is 38.9 Å². The van der Waals surface area contributed by atoms with Gasteiger partial charge in [0.1, 0.15) is 23.9 Å². The molecule has 5 amide bonds. The molecule has 34 nitrogen and oxygen atoms in total. The Morgan fingerprint density at radius 3 is 1.68 bits per heavy atom. The lowest BCUT2D eigenvalue weighted by molar-refractivity contribution is -0.140. The molecule has 0 aliphatic carbocycles. The molecule has 1 saturated heterocycles. The van der Waals surface area contributed by atoms with Gasteiger partial charge in [0.05, 0.1) is 61.8 Å². The first-order valence-corrected chi connectivity index (χ1v) is 31.8. The van der Waals surface area contributed by atoms with Crippen molar-refractivity contribution in [2.45, 2.75) is 101 Å². The van der Waals surface area contributed by atoms with E-state index in [0.29, 0.717) is 18.5 Å². The average molecular weight is 1330 g/mol. The number of aliphatic carboxylic acids is 6. The Kier molecular flexibility index (Phi) is 30.2. The van der Waals surface area contributed by atoms with E-state index in [0.717, 1.165) is 37.2 Å².